The van der Waals surface area contributed by atoms with E-state index in [0.717, 1.165) is 29.9 Å². The number of nitrogens with zero attached hydrogens (tertiary/aromatic N) is 2. The first kappa shape index (κ1) is 21.1. The van der Waals surface area contributed by atoms with Gasteiger partial charge in [0.25, 0.3) is 11.8 Å². The van der Waals surface area contributed by atoms with Gasteiger partial charge in [0.1, 0.15) is 11.7 Å². The maximum Gasteiger partial charge on any atom is 0.258 e. The Balaban J connectivity index is 1.64. The fourth-order valence-electron chi connectivity index (χ4n) is 4.51. The fraction of sp³-hybridized carbons (Fsp3) is 0.522. The van der Waals surface area contributed by atoms with Crippen LogP contribution >= 0.6 is 11.6 Å². The number of fused-ring (bicyclic) bond motifs is 1. The SMILES string of the molecule is COC1=CC(C)=NC(=O)C1CN1CCc2c(C)cc(C(C)C3COC3)c(Cl)c2C1=O. The second kappa shape index (κ2) is 8.16. The number of ether oxygens (including phenoxy) is 2. The maximum absolute atomic E-state index is 13.5. The Morgan fingerprint density at radius 1 is 1.33 bits per heavy atom. The number of amides is 2. The van der Waals surface area contributed by atoms with Crippen LogP contribution in [0.2, 0.25) is 5.02 Å². The summed E-state index contributed by atoms with van der Waals surface area (Å²) in [5, 5.41) is 0.538. The molecule has 0 bridgehead atoms. The molecule has 7 heteroatoms. The lowest BCUT2D eigenvalue weighted by Gasteiger charge is -2.36. The van der Waals surface area contributed by atoms with Crippen molar-refractivity contribution >= 4 is 29.1 Å². The number of rotatable bonds is 5. The number of carbonyl (C=O) groups is 2. The third-order valence-corrected chi connectivity index (χ3v) is 6.94. The summed E-state index contributed by atoms with van der Waals surface area (Å²) in [5.74, 6) is 0.195. The van der Waals surface area contributed by atoms with E-state index in [-0.39, 0.29) is 24.3 Å². The highest BCUT2D eigenvalue weighted by atomic mass is 35.5. The zero-order valence-corrected chi connectivity index (χ0v) is 18.6. The Hall–Kier alpha value is -2.18. The molecule has 3 aliphatic rings. The van der Waals surface area contributed by atoms with Crippen molar-refractivity contribution in [2.45, 2.75) is 33.1 Å². The summed E-state index contributed by atoms with van der Waals surface area (Å²) in [6, 6.07) is 2.13. The number of halogens is 1. The van der Waals surface area contributed by atoms with Crippen molar-refractivity contribution in [2.24, 2.45) is 16.8 Å². The molecule has 1 aromatic carbocycles. The van der Waals surface area contributed by atoms with Crippen molar-refractivity contribution < 1.29 is 19.1 Å². The molecule has 0 saturated carbocycles. The van der Waals surface area contributed by atoms with Gasteiger partial charge in [0.15, 0.2) is 0 Å². The molecule has 2 atom stereocenters. The van der Waals surface area contributed by atoms with Crippen LogP contribution in [-0.2, 0) is 20.7 Å². The first-order chi connectivity index (χ1) is 14.3. The van der Waals surface area contributed by atoms with Gasteiger partial charge in [0.2, 0.25) is 0 Å². The van der Waals surface area contributed by atoms with Gasteiger partial charge < -0.3 is 14.4 Å². The second-order valence-electron chi connectivity index (χ2n) is 8.43. The minimum Gasteiger partial charge on any atom is -0.500 e. The molecule has 2 amide bonds. The number of hydrogen-bond donors (Lipinski definition) is 0. The average Bonchev–Trinajstić information content (AvgIpc) is 2.66. The zero-order chi connectivity index (χ0) is 21.6. The summed E-state index contributed by atoms with van der Waals surface area (Å²) in [5.41, 5.74) is 4.30. The molecule has 160 valence electrons. The Morgan fingerprint density at radius 2 is 2.07 bits per heavy atom. The number of methoxy groups -OCH3 is 1. The summed E-state index contributed by atoms with van der Waals surface area (Å²) in [4.78, 5) is 31.7. The number of benzene rings is 1. The molecule has 1 fully saturated rings. The Kier molecular flexibility index (Phi) is 5.73. The van der Waals surface area contributed by atoms with E-state index in [1.807, 2.05) is 6.92 Å². The van der Waals surface area contributed by atoms with Crippen molar-refractivity contribution in [3.8, 4) is 0 Å². The van der Waals surface area contributed by atoms with Gasteiger partial charge in [-0.3, -0.25) is 9.59 Å². The Morgan fingerprint density at radius 3 is 2.70 bits per heavy atom. The van der Waals surface area contributed by atoms with Crippen molar-refractivity contribution in [1.82, 2.24) is 4.90 Å². The van der Waals surface area contributed by atoms with Crippen molar-refractivity contribution in [1.29, 1.82) is 0 Å². The smallest absolute Gasteiger partial charge is 0.258 e. The standard InChI is InChI=1S/C23H27ClN2O4/c1-12-7-17(14(3)15-10-30-11-15)21(24)20-16(12)5-6-26(23(20)28)9-18-19(29-4)8-13(2)25-22(18)27/h7-8,14-15,18H,5-6,9-11H2,1-4H3. The molecule has 6 nitrogen and oxygen atoms in total. The van der Waals surface area contributed by atoms with Crippen LogP contribution < -0.4 is 0 Å². The third-order valence-electron chi connectivity index (χ3n) is 6.53. The minimum atomic E-state index is -0.585. The third kappa shape index (κ3) is 3.56. The summed E-state index contributed by atoms with van der Waals surface area (Å²) >= 11 is 6.81. The van der Waals surface area contributed by atoms with Gasteiger partial charge in [-0.15, -0.1) is 0 Å². The fourth-order valence-corrected chi connectivity index (χ4v) is 4.93. The lowest BCUT2D eigenvalue weighted by atomic mass is 9.82. The van der Waals surface area contributed by atoms with E-state index < -0.39 is 5.92 Å². The molecule has 30 heavy (non-hydrogen) atoms. The first-order valence-corrected chi connectivity index (χ1v) is 10.7. The lowest BCUT2D eigenvalue weighted by Crippen LogP contribution is -2.44. The molecule has 2 unspecified atom stereocenters. The number of hydrogen-bond acceptors (Lipinski definition) is 4. The van der Waals surface area contributed by atoms with Gasteiger partial charge >= 0.3 is 0 Å². The van der Waals surface area contributed by atoms with E-state index in [0.29, 0.717) is 40.9 Å². The van der Waals surface area contributed by atoms with Crippen molar-refractivity contribution in [3.63, 3.8) is 0 Å². The Bertz CT molecular complexity index is 964. The van der Waals surface area contributed by atoms with Gasteiger partial charge in [-0.1, -0.05) is 24.6 Å². The molecule has 3 aliphatic heterocycles. The summed E-state index contributed by atoms with van der Waals surface area (Å²) in [7, 11) is 1.54. The summed E-state index contributed by atoms with van der Waals surface area (Å²) in [6.45, 7) is 8.17. The van der Waals surface area contributed by atoms with Gasteiger partial charge in [0, 0.05) is 24.7 Å². The van der Waals surface area contributed by atoms with Crippen molar-refractivity contribution in [3.05, 3.63) is 45.2 Å². The molecule has 4 rings (SSSR count). The van der Waals surface area contributed by atoms with E-state index in [1.165, 1.54) is 7.11 Å². The van der Waals surface area contributed by atoms with E-state index in [1.54, 1.807) is 17.9 Å². The molecule has 3 heterocycles. The van der Waals surface area contributed by atoms with Crippen LogP contribution in [0.5, 0.6) is 0 Å². The van der Waals surface area contributed by atoms with E-state index in [4.69, 9.17) is 21.1 Å². The predicted molar refractivity (Wildman–Crippen MR) is 115 cm³/mol. The van der Waals surface area contributed by atoms with Gasteiger partial charge in [-0.05, 0) is 49.0 Å². The van der Waals surface area contributed by atoms with E-state index in [2.05, 4.69) is 18.0 Å². The van der Waals surface area contributed by atoms with Crippen LogP contribution in [0.3, 0.4) is 0 Å². The number of aliphatic imine (C=N–C) groups is 1. The molecular formula is C23H27ClN2O4. The van der Waals surface area contributed by atoms with Crippen LogP contribution in [0.1, 0.15) is 46.8 Å². The number of allylic oxidation sites excluding steroid dienone is 1. The topological polar surface area (TPSA) is 68.2 Å². The van der Waals surface area contributed by atoms with Gasteiger partial charge in [-0.25, -0.2) is 4.99 Å². The maximum atomic E-state index is 13.5. The first-order valence-electron chi connectivity index (χ1n) is 10.3. The van der Waals surface area contributed by atoms with Crippen LogP contribution in [0.15, 0.2) is 22.9 Å². The molecule has 1 saturated heterocycles. The average molecular weight is 431 g/mol. The molecule has 0 N–H and O–H groups in total. The predicted octanol–water partition coefficient (Wildman–Crippen LogP) is 3.54. The Labute approximate surface area is 181 Å². The van der Waals surface area contributed by atoms with Crippen molar-refractivity contribution in [2.75, 3.05) is 33.4 Å². The molecule has 0 aromatic heterocycles. The zero-order valence-electron chi connectivity index (χ0n) is 17.8. The quantitative estimate of drug-likeness (QED) is 0.716. The highest BCUT2D eigenvalue weighted by molar-refractivity contribution is 6.35. The molecule has 0 radical (unpaired) electrons. The second-order valence-corrected chi connectivity index (χ2v) is 8.81. The summed E-state index contributed by atoms with van der Waals surface area (Å²) < 4.78 is 10.8. The van der Waals surface area contributed by atoms with Gasteiger partial charge in [-0.2, -0.15) is 0 Å². The lowest BCUT2D eigenvalue weighted by molar-refractivity contribution is -0.122. The molecule has 0 spiro atoms. The van der Waals surface area contributed by atoms with Crippen LogP contribution in [0.4, 0.5) is 0 Å². The van der Waals surface area contributed by atoms with E-state index >= 15 is 0 Å². The molecular weight excluding hydrogens is 404 g/mol. The molecule has 1 aromatic rings. The largest absolute Gasteiger partial charge is 0.500 e. The number of dihydropyridines is 1. The van der Waals surface area contributed by atoms with Crippen LogP contribution in [0.25, 0.3) is 0 Å². The van der Waals surface area contributed by atoms with E-state index in [9.17, 15) is 9.59 Å². The molecule has 0 aliphatic carbocycles. The highest BCUT2D eigenvalue weighted by Crippen LogP contribution is 2.40. The van der Waals surface area contributed by atoms with Crippen LogP contribution in [-0.4, -0.2) is 55.8 Å². The van der Waals surface area contributed by atoms with Crippen LogP contribution in [0, 0.1) is 18.8 Å². The highest BCUT2D eigenvalue weighted by Gasteiger charge is 2.36. The summed E-state index contributed by atoms with van der Waals surface area (Å²) in [6.07, 6.45) is 2.47. The van der Waals surface area contributed by atoms with Gasteiger partial charge in [0.05, 0.1) is 30.9 Å². The monoisotopic (exact) mass is 430 g/mol. The number of carbonyl (C=O) groups excluding carboxylic acids is 2. The minimum absolute atomic E-state index is 0.127. The number of aryl methyl sites for hydroxylation is 1. The normalized spacial score (nSPS) is 22.8.